The number of hydrogen-bond acceptors (Lipinski definition) is 6. The molecule has 1 aliphatic heterocycles. The third-order valence-electron chi connectivity index (χ3n) is 6.73. The molecule has 35 heavy (non-hydrogen) atoms. The molecule has 10 heteroatoms. The number of sulfonamides is 1. The molecule has 9 nitrogen and oxygen atoms in total. The maximum atomic E-state index is 13.6. The van der Waals surface area contributed by atoms with Crippen LogP contribution in [0.1, 0.15) is 72.0 Å². The molecular weight excluding hydrogens is 466 g/mol. The molecule has 0 atom stereocenters. The van der Waals surface area contributed by atoms with Gasteiger partial charge in [-0.1, -0.05) is 12.1 Å². The summed E-state index contributed by atoms with van der Waals surface area (Å²) < 4.78 is 29.4. The Morgan fingerprint density at radius 3 is 2.26 bits per heavy atom. The number of ketones is 1. The number of Topliss-reactive ketones (excluding diaryl/α,β-unsaturated/α-hetero) is 1. The van der Waals surface area contributed by atoms with E-state index >= 15 is 0 Å². The quantitative estimate of drug-likeness (QED) is 0.486. The zero-order valence-corrected chi connectivity index (χ0v) is 21.0. The van der Waals surface area contributed by atoms with Crippen molar-refractivity contribution in [2.75, 3.05) is 26.2 Å². The second kappa shape index (κ2) is 8.83. The van der Waals surface area contributed by atoms with Crippen LogP contribution in [0.25, 0.3) is 11.0 Å². The first-order valence-corrected chi connectivity index (χ1v) is 13.4. The van der Waals surface area contributed by atoms with Crippen molar-refractivity contribution in [2.45, 2.75) is 50.5 Å². The van der Waals surface area contributed by atoms with Crippen LogP contribution in [0.4, 0.5) is 0 Å². The molecule has 0 unspecified atom stereocenters. The first kappa shape index (κ1) is 23.6. The molecule has 0 spiro atoms. The summed E-state index contributed by atoms with van der Waals surface area (Å²) in [6, 6.07) is 7.99. The Morgan fingerprint density at radius 2 is 1.69 bits per heavy atom. The maximum Gasteiger partial charge on any atom is 0.254 e. The molecule has 3 heterocycles. The van der Waals surface area contributed by atoms with Gasteiger partial charge in [0.1, 0.15) is 0 Å². The van der Waals surface area contributed by atoms with Gasteiger partial charge < -0.3 is 4.90 Å². The van der Waals surface area contributed by atoms with E-state index in [0.717, 1.165) is 29.6 Å². The zero-order valence-electron chi connectivity index (χ0n) is 20.1. The van der Waals surface area contributed by atoms with Crippen LogP contribution in [0.2, 0.25) is 0 Å². The number of pyridine rings is 1. The minimum Gasteiger partial charge on any atom is -0.336 e. The fraction of sp³-hybridized carbons (Fsp3) is 0.440. The Bertz CT molecular complexity index is 1400. The number of rotatable bonds is 6. The summed E-state index contributed by atoms with van der Waals surface area (Å²) in [5.74, 6) is 0.151. The van der Waals surface area contributed by atoms with Crippen molar-refractivity contribution in [3.05, 3.63) is 53.3 Å². The van der Waals surface area contributed by atoms with E-state index in [0.29, 0.717) is 30.1 Å². The van der Waals surface area contributed by atoms with Crippen LogP contribution < -0.4 is 0 Å². The molecule has 2 fully saturated rings. The minimum atomic E-state index is -3.71. The lowest BCUT2D eigenvalue weighted by molar-refractivity contribution is 0.0699. The van der Waals surface area contributed by atoms with Crippen molar-refractivity contribution in [1.29, 1.82) is 0 Å². The van der Waals surface area contributed by atoms with E-state index in [2.05, 4.69) is 5.10 Å². The third-order valence-corrected chi connectivity index (χ3v) is 8.64. The van der Waals surface area contributed by atoms with E-state index in [-0.39, 0.29) is 35.7 Å². The Kier molecular flexibility index (Phi) is 5.96. The van der Waals surface area contributed by atoms with E-state index in [1.165, 1.54) is 35.5 Å². The lowest BCUT2D eigenvalue weighted by Gasteiger charge is -2.34. The van der Waals surface area contributed by atoms with Gasteiger partial charge in [0.25, 0.3) is 5.91 Å². The molecule has 3 aromatic rings. The summed E-state index contributed by atoms with van der Waals surface area (Å²) in [6.45, 7) is 6.52. The Balaban J connectivity index is 1.36. The highest BCUT2D eigenvalue weighted by atomic mass is 32.2. The highest BCUT2D eigenvalue weighted by Gasteiger charge is 2.33. The summed E-state index contributed by atoms with van der Waals surface area (Å²) in [5, 5.41) is 5.20. The number of aromatic nitrogens is 3. The van der Waals surface area contributed by atoms with Gasteiger partial charge in [0.15, 0.2) is 11.4 Å². The lowest BCUT2D eigenvalue weighted by atomic mass is 10.1. The molecule has 2 aliphatic rings. The molecule has 0 bridgehead atoms. The number of fused-ring (bicyclic) bond motifs is 1. The molecule has 184 valence electrons. The number of hydrogen-bond donors (Lipinski definition) is 0. The highest BCUT2D eigenvalue weighted by Crippen LogP contribution is 2.40. The molecular formula is C25H29N5O4S. The van der Waals surface area contributed by atoms with Crippen molar-refractivity contribution in [1.82, 2.24) is 24.0 Å². The number of nitrogens with zero attached hydrogens (tertiary/aromatic N) is 5. The number of piperazine rings is 1. The lowest BCUT2D eigenvalue weighted by Crippen LogP contribution is -2.50. The Hall–Kier alpha value is -3.11. The van der Waals surface area contributed by atoms with E-state index in [9.17, 15) is 18.0 Å². The van der Waals surface area contributed by atoms with Gasteiger partial charge in [-0.05, 0) is 51.8 Å². The smallest absolute Gasteiger partial charge is 0.254 e. The predicted molar refractivity (Wildman–Crippen MR) is 131 cm³/mol. The SMILES string of the molecule is CC(=O)c1ccc(S(=O)(=O)N2CCN(C(=O)c3cc(C4CC4)nc4c3cnn4C(C)C)CC2)cc1. The molecule has 1 saturated heterocycles. The van der Waals surface area contributed by atoms with Crippen molar-refractivity contribution < 1.29 is 18.0 Å². The van der Waals surface area contributed by atoms with E-state index in [4.69, 9.17) is 4.98 Å². The number of amides is 1. The number of carbonyl (C=O) groups excluding carboxylic acids is 2. The van der Waals surface area contributed by atoms with E-state index in [1.54, 1.807) is 11.1 Å². The van der Waals surface area contributed by atoms with Gasteiger partial charge >= 0.3 is 0 Å². The monoisotopic (exact) mass is 495 g/mol. The minimum absolute atomic E-state index is 0.116. The van der Waals surface area contributed by atoms with Gasteiger partial charge in [-0.15, -0.1) is 0 Å². The van der Waals surface area contributed by atoms with E-state index in [1.807, 2.05) is 24.6 Å². The summed E-state index contributed by atoms with van der Waals surface area (Å²) >= 11 is 0. The average Bonchev–Trinajstić information content (AvgIpc) is 3.61. The van der Waals surface area contributed by atoms with Crippen LogP contribution >= 0.6 is 0 Å². The van der Waals surface area contributed by atoms with Crippen molar-refractivity contribution in [3.63, 3.8) is 0 Å². The molecule has 1 aliphatic carbocycles. The van der Waals surface area contributed by atoms with Gasteiger partial charge in [0.2, 0.25) is 10.0 Å². The molecule has 1 amide bonds. The highest BCUT2D eigenvalue weighted by molar-refractivity contribution is 7.89. The molecule has 2 aromatic heterocycles. The number of benzene rings is 1. The first-order valence-electron chi connectivity index (χ1n) is 12.0. The fourth-order valence-electron chi connectivity index (χ4n) is 4.49. The average molecular weight is 496 g/mol. The Labute approximate surface area is 204 Å². The van der Waals surface area contributed by atoms with Crippen LogP contribution in [0.15, 0.2) is 41.4 Å². The van der Waals surface area contributed by atoms with Crippen LogP contribution in [0.3, 0.4) is 0 Å². The van der Waals surface area contributed by atoms with Crippen LogP contribution in [0.5, 0.6) is 0 Å². The van der Waals surface area contributed by atoms with Crippen LogP contribution in [-0.4, -0.2) is 70.3 Å². The summed E-state index contributed by atoms with van der Waals surface area (Å²) in [6.07, 6.45) is 3.86. The third kappa shape index (κ3) is 4.36. The van der Waals surface area contributed by atoms with Crippen molar-refractivity contribution in [3.8, 4) is 0 Å². The molecule has 1 saturated carbocycles. The van der Waals surface area contributed by atoms with Gasteiger partial charge in [-0.3, -0.25) is 9.59 Å². The normalized spacial score (nSPS) is 17.3. The topological polar surface area (TPSA) is 105 Å². The van der Waals surface area contributed by atoms with Crippen molar-refractivity contribution >= 4 is 32.7 Å². The standard InChI is InChI=1S/C25H29N5O4S/c1-16(2)30-24-22(15-26-30)21(14-23(27-24)19-4-5-19)25(32)28-10-12-29(13-11-28)35(33,34)20-8-6-18(7-9-20)17(3)31/h6-9,14-16,19H,4-5,10-13H2,1-3H3. The number of carbonyl (C=O) groups is 2. The van der Waals surface area contributed by atoms with Gasteiger partial charge in [0, 0.05) is 49.4 Å². The summed E-state index contributed by atoms with van der Waals surface area (Å²) in [5.41, 5.74) is 2.70. The maximum absolute atomic E-state index is 13.6. The Morgan fingerprint density at radius 1 is 1.03 bits per heavy atom. The van der Waals surface area contributed by atoms with Crippen LogP contribution in [0, 0.1) is 0 Å². The second-order valence-electron chi connectivity index (χ2n) is 9.57. The molecule has 0 N–H and O–H groups in total. The van der Waals surface area contributed by atoms with Gasteiger partial charge in [-0.2, -0.15) is 9.40 Å². The van der Waals surface area contributed by atoms with Crippen LogP contribution in [-0.2, 0) is 10.0 Å². The molecule has 1 aromatic carbocycles. The second-order valence-corrected chi connectivity index (χ2v) is 11.5. The fourth-order valence-corrected chi connectivity index (χ4v) is 5.92. The first-order chi connectivity index (χ1) is 16.7. The van der Waals surface area contributed by atoms with Gasteiger partial charge in [0.05, 0.1) is 22.0 Å². The molecule has 0 radical (unpaired) electrons. The largest absolute Gasteiger partial charge is 0.336 e. The van der Waals surface area contributed by atoms with Crippen molar-refractivity contribution in [2.24, 2.45) is 0 Å². The predicted octanol–water partition coefficient (Wildman–Crippen LogP) is 3.24. The summed E-state index contributed by atoms with van der Waals surface area (Å²) in [7, 11) is -3.71. The summed E-state index contributed by atoms with van der Waals surface area (Å²) in [4.78, 5) is 31.8. The zero-order chi connectivity index (χ0) is 24.9. The molecule has 5 rings (SSSR count). The van der Waals surface area contributed by atoms with Gasteiger partial charge in [-0.25, -0.2) is 18.1 Å². The van der Waals surface area contributed by atoms with E-state index < -0.39 is 10.0 Å².